The van der Waals surface area contributed by atoms with E-state index in [1.807, 2.05) is 0 Å². The van der Waals surface area contributed by atoms with Crippen molar-refractivity contribution in [3.8, 4) is 11.5 Å². The molecule has 1 atom stereocenters. The smallest absolute Gasteiger partial charge is 0.310 e. The molecule has 0 amide bonds. The number of ether oxygens (including phenoxy) is 2. The van der Waals surface area contributed by atoms with Gasteiger partial charge in [-0.25, -0.2) is 4.39 Å². The molecule has 1 aromatic rings. The van der Waals surface area contributed by atoms with Crippen LogP contribution < -0.4 is 9.47 Å². The molecule has 0 heterocycles. The first-order valence-corrected chi connectivity index (χ1v) is 5.14. The van der Waals surface area contributed by atoms with Crippen LogP contribution in [0.25, 0.3) is 0 Å². The maximum atomic E-state index is 13.8. The molecule has 0 bridgehead atoms. The van der Waals surface area contributed by atoms with Gasteiger partial charge in [0.1, 0.15) is 5.82 Å². The quantitative estimate of drug-likeness (QED) is 0.906. The van der Waals surface area contributed by atoms with Crippen molar-refractivity contribution >= 4 is 17.6 Å². The van der Waals surface area contributed by atoms with Gasteiger partial charge in [-0.05, 0) is 6.92 Å². The number of rotatable bonds is 4. The number of carboxylic acid groups (broad SMARTS) is 1. The summed E-state index contributed by atoms with van der Waals surface area (Å²) in [7, 11) is 2.67. The minimum absolute atomic E-state index is 0.0456. The highest BCUT2D eigenvalue weighted by atomic mass is 35.5. The summed E-state index contributed by atoms with van der Waals surface area (Å²) in [5.74, 6) is -2.82. The van der Waals surface area contributed by atoms with Crippen molar-refractivity contribution in [1.82, 2.24) is 0 Å². The standard InChI is InChI=1S/C11H12ClFO4/c1-5(11(14)15)8-9(13)6(12)4-7(16-2)10(8)17-3/h4-5H,1-3H3,(H,14,15). The maximum Gasteiger partial charge on any atom is 0.310 e. The fourth-order valence-corrected chi connectivity index (χ4v) is 1.68. The van der Waals surface area contributed by atoms with E-state index in [4.69, 9.17) is 26.2 Å². The van der Waals surface area contributed by atoms with Gasteiger partial charge in [-0.3, -0.25) is 4.79 Å². The van der Waals surface area contributed by atoms with Crippen LogP contribution >= 0.6 is 11.6 Å². The Morgan fingerprint density at radius 3 is 2.47 bits per heavy atom. The van der Waals surface area contributed by atoms with E-state index >= 15 is 0 Å². The van der Waals surface area contributed by atoms with E-state index in [0.29, 0.717) is 0 Å². The summed E-state index contributed by atoms with van der Waals surface area (Å²) in [4.78, 5) is 10.9. The van der Waals surface area contributed by atoms with E-state index in [1.165, 1.54) is 27.2 Å². The second kappa shape index (κ2) is 5.23. The van der Waals surface area contributed by atoms with E-state index in [1.54, 1.807) is 0 Å². The Kier molecular flexibility index (Phi) is 4.17. The average molecular weight is 263 g/mol. The van der Waals surface area contributed by atoms with E-state index in [0.717, 1.165) is 0 Å². The van der Waals surface area contributed by atoms with Gasteiger partial charge in [0.2, 0.25) is 0 Å². The summed E-state index contributed by atoms with van der Waals surface area (Å²) in [5, 5.41) is 8.73. The molecule has 0 aliphatic carbocycles. The predicted molar refractivity (Wildman–Crippen MR) is 60.6 cm³/mol. The molecule has 1 N–H and O–H groups in total. The first-order chi connectivity index (χ1) is 7.93. The Morgan fingerprint density at radius 1 is 1.47 bits per heavy atom. The van der Waals surface area contributed by atoms with Gasteiger partial charge in [0.25, 0.3) is 0 Å². The van der Waals surface area contributed by atoms with Crippen LogP contribution in [0, 0.1) is 5.82 Å². The second-order valence-electron chi connectivity index (χ2n) is 3.38. The summed E-state index contributed by atoms with van der Waals surface area (Å²) in [6.45, 7) is 1.35. The van der Waals surface area contributed by atoms with Crippen LogP contribution in [0.5, 0.6) is 11.5 Å². The lowest BCUT2D eigenvalue weighted by Crippen LogP contribution is -2.12. The number of carbonyl (C=O) groups is 1. The number of halogens is 2. The normalized spacial score (nSPS) is 12.1. The van der Waals surface area contributed by atoms with Gasteiger partial charge in [0, 0.05) is 11.6 Å². The zero-order valence-corrected chi connectivity index (χ0v) is 10.3. The van der Waals surface area contributed by atoms with Crippen molar-refractivity contribution < 1.29 is 23.8 Å². The van der Waals surface area contributed by atoms with E-state index in [-0.39, 0.29) is 22.1 Å². The number of methoxy groups -OCH3 is 2. The van der Waals surface area contributed by atoms with Crippen LogP contribution in [-0.4, -0.2) is 25.3 Å². The molecule has 17 heavy (non-hydrogen) atoms. The molecule has 0 spiro atoms. The molecule has 4 nitrogen and oxygen atoms in total. The summed E-state index contributed by atoms with van der Waals surface area (Å²) in [6.07, 6.45) is 0. The van der Waals surface area contributed by atoms with Crippen molar-refractivity contribution in [2.24, 2.45) is 0 Å². The predicted octanol–water partition coefficient (Wildman–Crippen LogP) is 2.68. The number of benzene rings is 1. The number of aliphatic carboxylic acids is 1. The van der Waals surface area contributed by atoms with Crippen molar-refractivity contribution in [1.29, 1.82) is 0 Å². The fraction of sp³-hybridized carbons (Fsp3) is 0.364. The molecule has 0 saturated heterocycles. The zero-order valence-electron chi connectivity index (χ0n) is 9.58. The first kappa shape index (κ1) is 13.6. The molecule has 1 aromatic carbocycles. The van der Waals surface area contributed by atoms with E-state index < -0.39 is 17.7 Å². The molecule has 94 valence electrons. The Balaban J connectivity index is 3.53. The fourth-order valence-electron chi connectivity index (χ4n) is 1.48. The molecule has 0 saturated carbocycles. The summed E-state index contributed by atoms with van der Waals surface area (Å²) >= 11 is 5.67. The lowest BCUT2D eigenvalue weighted by atomic mass is 9.99. The van der Waals surface area contributed by atoms with E-state index in [2.05, 4.69) is 0 Å². The molecular formula is C11H12ClFO4. The van der Waals surface area contributed by atoms with Gasteiger partial charge < -0.3 is 14.6 Å². The van der Waals surface area contributed by atoms with Crippen LogP contribution in [0.2, 0.25) is 5.02 Å². The minimum Gasteiger partial charge on any atom is -0.493 e. The van der Waals surface area contributed by atoms with Gasteiger partial charge in [-0.15, -0.1) is 0 Å². The third-order valence-corrected chi connectivity index (χ3v) is 2.67. The largest absolute Gasteiger partial charge is 0.493 e. The van der Waals surface area contributed by atoms with Gasteiger partial charge in [-0.1, -0.05) is 11.6 Å². The van der Waals surface area contributed by atoms with Gasteiger partial charge in [0.05, 0.1) is 25.2 Å². The third-order valence-electron chi connectivity index (χ3n) is 2.40. The molecule has 1 rings (SSSR count). The Morgan fingerprint density at radius 2 is 2.06 bits per heavy atom. The lowest BCUT2D eigenvalue weighted by Gasteiger charge is -2.17. The molecule has 0 aliphatic heterocycles. The molecule has 0 aliphatic rings. The Hall–Kier alpha value is -1.49. The molecule has 6 heteroatoms. The van der Waals surface area contributed by atoms with Crippen LogP contribution in [0.4, 0.5) is 4.39 Å². The average Bonchev–Trinajstić information content (AvgIpc) is 2.30. The highest BCUT2D eigenvalue weighted by Crippen LogP contribution is 2.41. The zero-order chi connectivity index (χ0) is 13.2. The van der Waals surface area contributed by atoms with Crippen molar-refractivity contribution in [3.63, 3.8) is 0 Å². The lowest BCUT2D eigenvalue weighted by molar-refractivity contribution is -0.138. The van der Waals surface area contributed by atoms with Crippen molar-refractivity contribution in [2.45, 2.75) is 12.8 Å². The van der Waals surface area contributed by atoms with Crippen molar-refractivity contribution in [2.75, 3.05) is 14.2 Å². The highest BCUT2D eigenvalue weighted by Gasteiger charge is 2.27. The monoisotopic (exact) mass is 262 g/mol. The highest BCUT2D eigenvalue weighted by molar-refractivity contribution is 6.31. The van der Waals surface area contributed by atoms with Gasteiger partial charge in [-0.2, -0.15) is 0 Å². The molecule has 0 radical (unpaired) electrons. The summed E-state index contributed by atoms with van der Waals surface area (Å²) < 4.78 is 23.8. The molecule has 1 unspecified atom stereocenters. The van der Waals surface area contributed by atoms with Gasteiger partial charge >= 0.3 is 5.97 Å². The Bertz CT molecular complexity index is 448. The third kappa shape index (κ3) is 2.44. The van der Waals surface area contributed by atoms with Crippen LogP contribution in [0.1, 0.15) is 18.4 Å². The van der Waals surface area contributed by atoms with E-state index in [9.17, 15) is 9.18 Å². The second-order valence-corrected chi connectivity index (χ2v) is 3.79. The molecular weight excluding hydrogens is 251 g/mol. The topological polar surface area (TPSA) is 55.8 Å². The molecule has 0 aromatic heterocycles. The number of hydrogen-bond acceptors (Lipinski definition) is 3. The molecule has 0 fully saturated rings. The van der Waals surface area contributed by atoms with Crippen LogP contribution in [0.15, 0.2) is 6.07 Å². The van der Waals surface area contributed by atoms with Crippen molar-refractivity contribution in [3.05, 3.63) is 22.5 Å². The number of carboxylic acids is 1. The maximum absolute atomic E-state index is 13.8. The Labute approximate surface area is 103 Å². The van der Waals surface area contributed by atoms with Crippen LogP contribution in [0.3, 0.4) is 0 Å². The SMILES string of the molecule is COc1cc(Cl)c(F)c(C(C)C(=O)O)c1OC. The van der Waals surface area contributed by atoms with Crippen LogP contribution in [-0.2, 0) is 4.79 Å². The minimum atomic E-state index is -1.17. The number of hydrogen-bond donors (Lipinski definition) is 1. The summed E-state index contributed by atoms with van der Waals surface area (Å²) in [6, 6.07) is 1.24. The van der Waals surface area contributed by atoms with Gasteiger partial charge in [0.15, 0.2) is 11.5 Å². The first-order valence-electron chi connectivity index (χ1n) is 4.76. The summed E-state index contributed by atoms with van der Waals surface area (Å²) in [5.41, 5.74) is -0.121.